The van der Waals surface area contributed by atoms with E-state index in [1.165, 1.54) is 0 Å². The Kier molecular flexibility index (Phi) is 9.00. The largest absolute Gasteiger partial charge is 0.330 e. The summed E-state index contributed by atoms with van der Waals surface area (Å²) < 4.78 is 0. The van der Waals surface area contributed by atoms with Gasteiger partial charge >= 0.3 is 0 Å². The van der Waals surface area contributed by atoms with Crippen molar-refractivity contribution in [2.24, 2.45) is 5.73 Å². The zero-order chi connectivity index (χ0) is 8.36. The third kappa shape index (κ3) is 9.46. The molecule has 0 saturated heterocycles. The second-order valence-corrected chi connectivity index (χ2v) is 2.79. The molecule has 1 heterocycles. The molecule has 2 N–H and O–H groups in total. The van der Waals surface area contributed by atoms with Crippen LogP contribution >= 0.6 is 11.8 Å². The van der Waals surface area contributed by atoms with Crippen molar-refractivity contribution in [3.05, 3.63) is 30.6 Å². The SMILES string of the molecule is CSCCN.c1ccncc1. The van der Waals surface area contributed by atoms with Gasteiger partial charge in [-0.3, -0.25) is 4.98 Å². The Morgan fingerprint density at radius 1 is 1.27 bits per heavy atom. The molecule has 0 saturated carbocycles. The van der Waals surface area contributed by atoms with E-state index in [-0.39, 0.29) is 0 Å². The van der Waals surface area contributed by atoms with Gasteiger partial charge in [0.05, 0.1) is 0 Å². The molecule has 0 spiro atoms. The van der Waals surface area contributed by atoms with Crippen LogP contribution in [0.25, 0.3) is 0 Å². The maximum Gasteiger partial charge on any atom is 0.0267 e. The lowest BCUT2D eigenvalue weighted by Gasteiger charge is -1.80. The molecular weight excluding hydrogens is 156 g/mol. The molecular formula is C8H14N2S. The van der Waals surface area contributed by atoms with Gasteiger partial charge in [-0.25, -0.2) is 0 Å². The number of nitrogens with two attached hydrogens (primary N) is 1. The Labute approximate surface area is 72.2 Å². The molecule has 0 fully saturated rings. The molecule has 0 aliphatic rings. The maximum absolute atomic E-state index is 5.12. The Hall–Kier alpha value is -0.540. The summed E-state index contributed by atoms with van der Waals surface area (Å²) in [5.74, 6) is 1.08. The predicted molar refractivity (Wildman–Crippen MR) is 51.7 cm³/mol. The van der Waals surface area contributed by atoms with Crippen LogP contribution in [0.15, 0.2) is 30.6 Å². The van der Waals surface area contributed by atoms with Gasteiger partial charge in [0.2, 0.25) is 0 Å². The zero-order valence-electron chi connectivity index (χ0n) is 6.73. The summed E-state index contributed by atoms with van der Waals surface area (Å²) in [4.78, 5) is 3.78. The summed E-state index contributed by atoms with van der Waals surface area (Å²) in [5.41, 5.74) is 5.12. The lowest BCUT2D eigenvalue weighted by molar-refractivity contribution is 1.15. The molecule has 1 aromatic rings. The quantitative estimate of drug-likeness (QED) is 0.729. The Balaban J connectivity index is 0.000000187. The number of thioether (sulfide) groups is 1. The van der Waals surface area contributed by atoms with E-state index < -0.39 is 0 Å². The van der Waals surface area contributed by atoms with Gasteiger partial charge in [-0.15, -0.1) is 0 Å². The van der Waals surface area contributed by atoms with Crippen LogP contribution in [0.1, 0.15) is 0 Å². The van der Waals surface area contributed by atoms with E-state index in [0.717, 1.165) is 12.3 Å². The molecule has 11 heavy (non-hydrogen) atoms. The highest BCUT2D eigenvalue weighted by Crippen LogP contribution is 1.83. The maximum atomic E-state index is 5.12. The smallest absolute Gasteiger partial charge is 0.0267 e. The van der Waals surface area contributed by atoms with Crippen LogP contribution in [-0.2, 0) is 0 Å². The van der Waals surface area contributed by atoms with Crippen LogP contribution in [0.4, 0.5) is 0 Å². The van der Waals surface area contributed by atoms with Crippen molar-refractivity contribution in [3.8, 4) is 0 Å². The van der Waals surface area contributed by atoms with Crippen LogP contribution < -0.4 is 5.73 Å². The van der Waals surface area contributed by atoms with Crippen molar-refractivity contribution in [1.82, 2.24) is 4.98 Å². The van der Waals surface area contributed by atoms with Gasteiger partial charge < -0.3 is 5.73 Å². The predicted octanol–water partition coefficient (Wildman–Crippen LogP) is 1.39. The molecule has 0 unspecified atom stereocenters. The average Bonchev–Trinajstić information content (AvgIpc) is 2.10. The van der Waals surface area contributed by atoms with Gasteiger partial charge in [-0.2, -0.15) is 11.8 Å². The minimum Gasteiger partial charge on any atom is -0.330 e. The van der Waals surface area contributed by atoms with Gasteiger partial charge in [0.1, 0.15) is 0 Å². The Bertz CT molecular complexity index is 115. The van der Waals surface area contributed by atoms with Gasteiger partial charge in [-0.05, 0) is 18.4 Å². The molecule has 0 atom stereocenters. The van der Waals surface area contributed by atoms with Gasteiger partial charge in [0, 0.05) is 24.7 Å². The van der Waals surface area contributed by atoms with Crippen molar-refractivity contribution in [2.75, 3.05) is 18.6 Å². The highest BCUT2D eigenvalue weighted by atomic mass is 32.2. The molecule has 2 nitrogen and oxygen atoms in total. The normalized spacial score (nSPS) is 8.18. The molecule has 62 valence electrons. The molecule has 0 aliphatic carbocycles. The topological polar surface area (TPSA) is 38.9 Å². The highest BCUT2D eigenvalue weighted by molar-refractivity contribution is 7.98. The van der Waals surface area contributed by atoms with Crippen LogP contribution in [0.5, 0.6) is 0 Å². The van der Waals surface area contributed by atoms with Crippen molar-refractivity contribution in [1.29, 1.82) is 0 Å². The minimum atomic E-state index is 0.807. The first-order valence-corrected chi connectivity index (χ1v) is 4.85. The number of hydrogen-bond acceptors (Lipinski definition) is 3. The van der Waals surface area contributed by atoms with Crippen molar-refractivity contribution in [3.63, 3.8) is 0 Å². The fourth-order valence-corrected chi connectivity index (χ4v) is 0.666. The standard InChI is InChI=1S/C5H5N.C3H9NS/c1-2-4-6-5-3-1;1-5-3-2-4/h1-5H;2-4H2,1H3. The molecule has 1 aromatic heterocycles. The minimum absolute atomic E-state index is 0.807. The highest BCUT2D eigenvalue weighted by Gasteiger charge is 1.67. The molecule has 0 aromatic carbocycles. The van der Waals surface area contributed by atoms with Crippen molar-refractivity contribution >= 4 is 11.8 Å². The molecule has 3 heteroatoms. The summed E-state index contributed by atoms with van der Waals surface area (Å²) in [6.07, 6.45) is 5.55. The Morgan fingerprint density at radius 2 is 1.91 bits per heavy atom. The van der Waals surface area contributed by atoms with E-state index in [2.05, 4.69) is 4.98 Å². The van der Waals surface area contributed by atoms with E-state index >= 15 is 0 Å². The first-order chi connectivity index (χ1) is 5.41. The fourth-order valence-electron chi connectivity index (χ4n) is 0.430. The number of rotatable bonds is 2. The summed E-state index contributed by atoms with van der Waals surface area (Å²) in [6, 6.07) is 5.72. The fraction of sp³-hybridized carbons (Fsp3) is 0.375. The second-order valence-electron chi connectivity index (χ2n) is 1.81. The molecule has 1 rings (SSSR count). The molecule has 0 aliphatic heterocycles. The van der Waals surface area contributed by atoms with Gasteiger partial charge in [-0.1, -0.05) is 6.07 Å². The average molecular weight is 170 g/mol. The molecule has 0 amide bonds. The number of hydrogen-bond donors (Lipinski definition) is 1. The number of nitrogens with zero attached hydrogens (tertiary/aromatic N) is 1. The third-order valence-electron chi connectivity index (χ3n) is 0.888. The Morgan fingerprint density at radius 3 is 2.00 bits per heavy atom. The first-order valence-electron chi connectivity index (χ1n) is 3.45. The van der Waals surface area contributed by atoms with Crippen LogP contribution in [-0.4, -0.2) is 23.5 Å². The molecule has 0 radical (unpaired) electrons. The van der Waals surface area contributed by atoms with E-state index in [9.17, 15) is 0 Å². The monoisotopic (exact) mass is 170 g/mol. The second kappa shape index (κ2) is 9.46. The van der Waals surface area contributed by atoms with Crippen molar-refractivity contribution in [2.45, 2.75) is 0 Å². The lowest BCUT2D eigenvalue weighted by Crippen LogP contribution is -1.99. The third-order valence-corrected chi connectivity index (χ3v) is 1.53. The van der Waals surface area contributed by atoms with Crippen LogP contribution in [0.2, 0.25) is 0 Å². The van der Waals surface area contributed by atoms with Gasteiger partial charge in [0.25, 0.3) is 0 Å². The first kappa shape index (κ1) is 10.5. The summed E-state index contributed by atoms with van der Waals surface area (Å²) >= 11 is 1.78. The number of aromatic nitrogens is 1. The zero-order valence-corrected chi connectivity index (χ0v) is 7.55. The lowest BCUT2D eigenvalue weighted by atomic mass is 10.5. The van der Waals surface area contributed by atoms with Gasteiger partial charge in [0.15, 0.2) is 0 Å². The van der Waals surface area contributed by atoms with E-state index in [4.69, 9.17) is 5.73 Å². The van der Waals surface area contributed by atoms with E-state index in [1.54, 1.807) is 24.2 Å². The summed E-state index contributed by atoms with van der Waals surface area (Å²) in [7, 11) is 0. The van der Waals surface area contributed by atoms with E-state index in [1.807, 2.05) is 24.5 Å². The summed E-state index contributed by atoms with van der Waals surface area (Å²) in [5, 5.41) is 0. The van der Waals surface area contributed by atoms with Crippen LogP contribution in [0.3, 0.4) is 0 Å². The van der Waals surface area contributed by atoms with Crippen LogP contribution in [0, 0.1) is 0 Å². The number of pyridine rings is 1. The van der Waals surface area contributed by atoms with Crippen molar-refractivity contribution < 1.29 is 0 Å². The molecule has 0 bridgehead atoms. The summed E-state index contributed by atoms with van der Waals surface area (Å²) in [6.45, 7) is 0.807. The van der Waals surface area contributed by atoms with E-state index in [0.29, 0.717) is 0 Å².